The summed E-state index contributed by atoms with van der Waals surface area (Å²) >= 11 is 5.97. The Bertz CT molecular complexity index is 1000. The zero-order chi connectivity index (χ0) is 19.8. The molecule has 0 bridgehead atoms. The molecule has 0 aromatic heterocycles. The highest BCUT2D eigenvalue weighted by Crippen LogP contribution is 2.36. The van der Waals surface area contributed by atoms with Crippen LogP contribution in [0.5, 0.6) is 5.75 Å². The number of aryl methyl sites for hydroxylation is 1. The predicted molar refractivity (Wildman–Crippen MR) is 100 cm³/mol. The first-order valence-electron chi connectivity index (χ1n) is 8.07. The van der Waals surface area contributed by atoms with Crippen LogP contribution in [0.25, 0.3) is 0 Å². The topological polar surface area (TPSA) is 92.8 Å². The molecule has 1 aliphatic rings. The highest BCUT2D eigenvalue weighted by atomic mass is 35.5. The highest BCUT2D eigenvalue weighted by molar-refractivity contribution is 7.90. The van der Waals surface area contributed by atoms with Crippen molar-refractivity contribution in [3.8, 4) is 5.75 Å². The van der Waals surface area contributed by atoms with Gasteiger partial charge in [-0.3, -0.25) is 14.5 Å². The Morgan fingerprint density at radius 1 is 1.22 bits per heavy atom. The molecule has 142 valence electrons. The van der Waals surface area contributed by atoms with Gasteiger partial charge in [0.25, 0.3) is 21.8 Å². The summed E-state index contributed by atoms with van der Waals surface area (Å²) in [6.45, 7) is 2.89. The number of fused-ring (bicyclic) bond motifs is 1. The first-order valence-corrected chi connectivity index (χ1v) is 9.93. The van der Waals surface area contributed by atoms with Crippen LogP contribution < -0.4 is 14.4 Å². The van der Waals surface area contributed by atoms with Crippen LogP contribution in [0.4, 0.5) is 5.69 Å². The van der Waals surface area contributed by atoms with Gasteiger partial charge in [-0.25, -0.2) is 13.1 Å². The van der Waals surface area contributed by atoms with Gasteiger partial charge in [-0.2, -0.15) is 0 Å². The average Bonchev–Trinajstić information content (AvgIpc) is 2.59. The summed E-state index contributed by atoms with van der Waals surface area (Å²) in [5, 5.41) is 0.359. The van der Waals surface area contributed by atoms with E-state index in [1.165, 1.54) is 18.2 Å². The summed E-state index contributed by atoms with van der Waals surface area (Å²) in [6, 6.07) is 10.7. The average molecular weight is 409 g/mol. The molecular formula is C18H17ClN2O5S. The number of hydrogen-bond donors (Lipinski definition) is 1. The van der Waals surface area contributed by atoms with E-state index < -0.39 is 34.5 Å². The van der Waals surface area contributed by atoms with Crippen molar-refractivity contribution in [3.05, 3.63) is 53.1 Å². The number of benzene rings is 2. The van der Waals surface area contributed by atoms with Gasteiger partial charge in [0.2, 0.25) is 0 Å². The second kappa shape index (κ2) is 7.21. The second-order valence-corrected chi connectivity index (χ2v) is 8.26. The second-order valence-electron chi connectivity index (χ2n) is 6.14. The lowest BCUT2D eigenvalue weighted by Gasteiger charge is -2.32. The minimum Gasteiger partial charge on any atom is -0.479 e. The third-order valence-corrected chi connectivity index (χ3v) is 5.63. The molecule has 9 heteroatoms. The number of sulfonamides is 1. The molecule has 0 saturated heterocycles. The summed E-state index contributed by atoms with van der Waals surface area (Å²) < 4.78 is 32.2. The molecule has 0 saturated carbocycles. The third-order valence-electron chi connectivity index (χ3n) is 4.01. The SMILES string of the molecule is Cc1ccc(S(=O)(=O)NC(=O)CN2C(=O)C(C)Oc3ccc(Cl)cc32)cc1. The minimum atomic E-state index is -4.04. The molecule has 0 fully saturated rings. The lowest BCUT2D eigenvalue weighted by atomic mass is 10.2. The largest absolute Gasteiger partial charge is 0.479 e. The van der Waals surface area contributed by atoms with Crippen molar-refractivity contribution in [1.29, 1.82) is 0 Å². The van der Waals surface area contributed by atoms with E-state index in [4.69, 9.17) is 16.3 Å². The van der Waals surface area contributed by atoms with Gasteiger partial charge in [-0.05, 0) is 44.2 Å². The van der Waals surface area contributed by atoms with Gasteiger partial charge in [-0.1, -0.05) is 29.3 Å². The van der Waals surface area contributed by atoms with Crippen molar-refractivity contribution in [2.45, 2.75) is 24.8 Å². The molecule has 27 heavy (non-hydrogen) atoms. The monoisotopic (exact) mass is 408 g/mol. The zero-order valence-corrected chi connectivity index (χ0v) is 16.2. The molecule has 1 aliphatic heterocycles. The van der Waals surface area contributed by atoms with Crippen LogP contribution in [0.1, 0.15) is 12.5 Å². The number of halogens is 1. The number of carbonyl (C=O) groups is 2. The number of ether oxygens (including phenoxy) is 1. The van der Waals surface area contributed by atoms with Crippen molar-refractivity contribution in [3.63, 3.8) is 0 Å². The number of rotatable bonds is 4. The summed E-state index contributed by atoms with van der Waals surface area (Å²) in [7, 11) is -4.04. The molecule has 2 aromatic carbocycles. The first kappa shape index (κ1) is 19.2. The molecule has 0 radical (unpaired) electrons. The Kier molecular flexibility index (Phi) is 5.12. The van der Waals surface area contributed by atoms with Crippen LogP contribution >= 0.6 is 11.6 Å². The fourth-order valence-electron chi connectivity index (χ4n) is 2.65. The van der Waals surface area contributed by atoms with Crippen LogP contribution in [0.3, 0.4) is 0 Å². The molecule has 1 atom stereocenters. The van der Waals surface area contributed by atoms with Crippen LogP contribution in [-0.2, 0) is 19.6 Å². The molecule has 1 unspecified atom stereocenters. The smallest absolute Gasteiger partial charge is 0.268 e. The van der Waals surface area contributed by atoms with Gasteiger partial charge in [0.05, 0.1) is 10.6 Å². The molecule has 2 amide bonds. The number of hydrogen-bond acceptors (Lipinski definition) is 5. The van der Waals surface area contributed by atoms with Crippen LogP contribution in [0.2, 0.25) is 5.02 Å². The van der Waals surface area contributed by atoms with Crippen LogP contribution in [-0.4, -0.2) is 32.9 Å². The van der Waals surface area contributed by atoms with E-state index in [9.17, 15) is 18.0 Å². The summed E-state index contributed by atoms with van der Waals surface area (Å²) in [6.07, 6.45) is -0.805. The standard InChI is InChI=1S/C18H17ClN2O5S/c1-11-3-6-14(7-4-11)27(24,25)20-17(22)10-21-15-9-13(19)5-8-16(15)26-12(2)18(21)23/h3-9,12H,10H2,1-2H3,(H,20,22). The van der Waals surface area contributed by atoms with Crippen molar-refractivity contribution in [2.24, 2.45) is 0 Å². The van der Waals surface area contributed by atoms with E-state index in [0.29, 0.717) is 16.5 Å². The van der Waals surface area contributed by atoms with Crippen LogP contribution in [0, 0.1) is 6.92 Å². The molecule has 7 nitrogen and oxygen atoms in total. The van der Waals surface area contributed by atoms with E-state index in [-0.39, 0.29) is 4.90 Å². The van der Waals surface area contributed by atoms with Crippen molar-refractivity contribution < 1.29 is 22.7 Å². The number of carbonyl (C=O) groups excluding carboxylic acids is 2. The zero-order valence-electron chi connectivity index (χ0n) is 14.6. The lowest BCUT2D eigenvalue weighted by Crippen LogP contribution is -2.49. The first-order chi connectivity index (χ1) is 12.7. The Morgan fingerprint density at radius 3 is 2.56 bits per heavy atom. The van der Waals surface area contributed by atoms with E-state index in [0.717, 1.165) is 10.5 Å². The number of nitrogens with one attached hydrogen (secondary N) is 1. The van der Waals surface area contributed by atoms with Gasteiger partial charge < -0.3 is 4.74 Å². The summed E-state index contributed by atoms with van der Waals surface area (Å²) in [5.74, 6) is -0.919. The maximum atomic E-state index is 12.4. The van der Waals surface area contributed by atoms with Crippen molar-refractivity contribution >= 4 is 39.1 Å². The normalized spacial score (nSPS) is 16.5. The van der Waals surface area contributed by atoms with Gasteiger partial charge in [0.1, 0.15) is 12.3 Å². The summed E-state index contributed by atoms with van der Waals surface area (Å²) in [4.78, 5) is 25.9. The quantitative estimate of drug-likeness (QED) is 0.837. The summed E-state index contributed by atoms with van der Waals surface area (Å²) in [5.41, 5.74) is 1.20. The number of amides is 2. The Balaban J connectivity index is 1.82. The lowest BCUT2D eigenvalue weighted by molar-refractivity contribution is -0.127. The molecule has 2 aromatic rings. The maximum absolute atomic E-state index is 12.4. The van der Waals surface area contributed by atoms with Gasteiger partial charge >= 0.3 is 0 Å². The molecule has 3 rings (SSSR count). The fraction of sp³-hybridized carbons (Fsp3) is 0.222. The molecular weight excluding hydrogens is 392 g/mol. The van der Waals surface area contributed by atoms with E-state index in [1.54, 1.807) is 31.2 Å². The van der Waals surface area contributed by atoms with E-state index in [2.05, 4.69) is 0 Å². The van der Waals surface area contributed by atoms with E-state index >= 15 is 0 Å². The van der Waals surface area contributed by atoms with Crippen LogP contribution in [0.15, 0.2) is 47.4 Å². The molecule has 0 spiro atoms. The highest BCUT2D eigenvalue weighted by Gasteiger charge is 2.33. The maximum Gasteiger partial charge on any atom is 0.268 e. The van der Waals surface area contributed by atoms with E-state index in [1.807, 2.05) is 11.6 Å². The Labute approximate surface area is 161 Å². The van der Waals surface area contributed by atoms with Gasteiger partial charge in [-0.15, -0.1) is 0 Å². The Morgan fingerprint density at radius 2 is 1.89 bits per heavy atom. The van der Waals surface area contributed by atoms with Crippen molar-refractivity contribution in [2.75, 3.05) is 11.4 Å². The number of nitrogens with zero attached hydrogens (tertiary/aromatic N) is 1. The molecule has 1 heterocycles. The third kappa shape index (κ3) is 4.06. The minimum absolute atomic E-state index is 0.0356. The Hall–Kier alpha value is -2.58. The molecule has 0 aliphatic carbocycles. The van der Waals surface area contributed by atoms with Gasteiger partial charge in [0, 0.05) is 5.02 Å². The number of anilines is 1. The van der Waals surface area contributed by atoms with Crippen molar-refractivity contribution in [1.82, 2.24) is 4.72 Å². The fourth-order valence-corrected chi connectivity index (χ4v) is 3.79. The molecule has 1 N–H and O–H groups in total. The van der Waals surface area contributed by atoms with Gasteiger partial charge in [0.15, 0.2) is 6.10 Å². The predicted octanol–water partition coefficient (Wildman–Crippen LogP) is 2.27.